The number of aromatic nitrogens is 4. The van der Waals surface area contributed by atoms with Gasteiger partial charge < -0.3 is 25.2 Å². The molecule has 2 aromatic heterocycles. The molecule has 98 valence electrons. The maximum atomic E-state index is 10.7. The quantitative estimate of drug-likeness (QED) is 0.575. The van der Waals surface area contributed by atoms with Crippen LogP contribution < -0.4 is 5.73 Å². The summed E-state index contributed by atoms with van der Waals surface area (Å²) in [6, 6.07) is 0. The van der Waals surface area contributed by atoms with Gasteiger partial charge in [-0.15, -0.1) is 0 Å². The number of anilines is 1. The zero-order valence-electron chi connectivity index (χ0n) is 9.44. The summed E-state index contributed by atoms with van der Waals surface area (Å²) >= 11 is 0. The molecule has 10 heteroatoms. The summed E-state index contributed by atoms with van der Waals surface area (Å²) in [4.78, 5) is 32.2. The van der Waals surface area contributed by atoms with Gasteiger partial charge in [-0.3, -0.25) is 4.57 Å². The molecular weight excluding hydrogens is 261 g/mol. The van der Waals surface area contributed by atoms with Crippen LogP contribution in [0.1, 0.15) is 18.9 Å². The maximum Gasteiger partial charge on any atom is 0.351 e. The standard InChI is InChI=1S/C8H12N5O4P/c1-4(17-3-18(14,15)16)7-12-6(9)5-8(13-7)11-2-10-5/h2,4H,3H2,1H3,(H2,14,15,16)(H3,9,10,11,12,13). The average Bonchev–Trinajstić information content (AvgIpc) is 2.73. The molecule has 1 atom stereocenters. The summed E-state index contributed by atoms with van der Waals surface area (Å²) in [6.07, 6.45) is 0.0393. The first kappa shape index (κ1) is 12.9. The summed E-state index contributed by atoms with van der Waals surface area (Å²) in [5.74, 6) is 0.430. The van der Waals surface area contributed by atoms with Crippen molar-refractivity contribution in [3.63, 3.8) is 0 Å². The Morgan fingerprint density at radius 3 is 2.94 bits per heavy atom. The Hall–Kier alpha value is -1.54. The van der Waals surface area contributed by atoms with Gasteiger partial charge in [0.25, 0.3) is 0 Å². The predicted octanol–water partition coefficient (Wildman–Crippen LogP) is 0.148. The van der Waals surface area contributed by atoms with Gasteiger partial charge in [-0.1, -0.05) is 0 Å². The summed E-state index contributed by atoms with van der Waals surface area (Å²) in [5, 5.41) is 0. The third kappa shape index (κ3) is 2.82. The molecule has 2 aromatic rings. The Morgan fingerprint density at radius 1 is 1.56 bits per heavy atom. The third-order valence-electron chi connectivity index (χ3n) is 2.19. The molecule has 2 heterocycles. The maximum absolute atomic E-state index is 10.7. The number of imidazole rings is 1. The number of nitrogens with one attached hydrogen (secondary N) is 1. The smallest absolute Gasteiger partial charge is 0.351 e. The number of fused-ring (bicyclic) bond motifs is 1. The number of nitrogens with zero attached hydrogens (tertiary/aromatic N) is 3. The summed E-state index contributed by atoms with van der Waals surface area (Å²) in [5.41, 5.74) is 6.58. The molecule has 0 saturated carbocycles. The van der Waals surface area contributed by atoms with E-state index in [1.165, 1.54) is 6.33 Å². The highest BCUT2D eigenvalue weighted by Gasteiger charge is 2.19. The minimum Gasteiger partial charge on any atom is -0.382 e. The minimum absolute atomic E-state index is 0.208. The van der Waals surface area contributed by atoms with Crippen molar-refractivity contribution in [2.24, 2.45) is 0 Å². The van der Waals surface area contributed by atoms with E-state index in [0.29, 0.717) is 11.2 Å². The zero-order valence-corrected chi connectivity index (χ0v) is 10.3. The Kier molecular flexibility index (Phi) is 3.31. The summed E-state index contributed by atoms with van der Waals surface area (Å²) < 4.78 is 15.7. The second-order valence-electron chi connectivity index (χ2n) is 3.67. The van der Waals surface area contributed by atoms with E-state index in [9.17, 15) is 4.57 Å². The van der Waals surface area contributed by atoms with Gasteiger partial charge in [0, 0.05) is 0 Å². The van der Waals surface area contributed by atoms with E-state index in [4.69, 9.17) is 20.3 Å². The Labute approximate surface area is 102 Å². The highest BCUT2D eigenvalue weighted by Crippen LogP contribution is 2.35. The first-order chi connectivity index (χ1) is 8.37. The third-order valence-corrected chi connectivity index (χ3v) is 2.67. The monoisotopic (exact) mass is 273 g/mol. The van der Waals surface area contributed by atoms with Gasteiger partial charge in [0.05, 0.1) is 6.33 Å². The molecule has 0 bridgehead atoms. The van der Waals surface area contributed by atoms with E-state index in [-0.39, 0.29) is 11.6 Å². The van der Waals surface area contributed by atoms with Crippen molar-refractivity contribution in [3.8, 4) is 0 Å². The van der Waals surface area contributed by atoms with Gasteiger partial charge in [0.1, 0.15) is 18.0 Å². The molecule has 0 fully saturated rings. The van der Waals surface area contributed by atoms with Crippen LogP contribution in [0.4, 0.5) is 5.82 Å². The lowest BCUT2D eigenvalue weighted by atomic mass is 10.3. The molecule has 1 unspecified atom stereocenters. The lowest BCUT2D eigenvalue weighted by molar-refractivity contribution is 0.0826. The fourth-order valence-corrected chi connectivity index (χ4v) is 1.76. The fourth-order valence-electron chi connectivity index (χ4n) is 1.34. The van der Waals surface area contributed by atoms with Crippen LogP contribution >= 0.6 is 7.60 Å². The van der Waals surface area contributed by atoms with Gasteiger partial charge in [-0.2, -0.15) is 0 Å². The van der Waals surface area contributed by atoms with Gasteiger partial charge >= 0.3 is 7.60 Å². The van der Waals surface area contributed by atoms with Gasteiger partial charge in [0.15, 0.2) is 17.3 Å². The minimum atomic E-state index is -4.22. The first-order valence-electron chi connectivity index (χ1n) is 4.99. The average molecular weight is 273 g/mol. The second kappa shape index (κ2) is 4.62. The van der Waals surface area contributed by atoms with Gasteiger partial charge in [0.2, 0.25) is 0 Å². The topological polar surface area (TPSA) is 147 Å². The molecule has 0 aliphatic heterocycles. The molecule has 0 aliphatic rings. The lowest BCUT2D eigenvalue weighted by Gasteiger charge is -2.12. The fraction of sp³-hybridized carbons (Fsp3) is 0.375. The molecule has 0 saturated heterocycles. The number of H-pyrrole nitrogens is 1. The van der Waals surface area contributed by atoms with Crippen molar-refractivity contribution in [1.82, 2.24) is 19.9 Å². The van der Waals surface area contributed by atoms with Crippen molar-refractivity contribution in [3.05, 3.63) is 12.2 Å². The molecule has 0 spiro atoms. The molecular formula is C8H12N5O4P. The van der Waals surface area contributed by atoms with E-state index in [0.717, 1.165) is 0 Å². The molecule has 18 heavy (non-hydrogen) atoms. The van der Waals surface area contributed by atoms with E-state index >= 15 is 0 Å². The van der Waals surface area contributed by atoms with Crippen molar-refractivity contribution in [2.75, 3.05) is 12.1 Å². The number of hydrogen-bond donors (Lipinski definition) is 4. The SMILES string of the molecule is CC(OCP(=O)(O)O)c1nc(N)c2[nH]cnc2n1. The van der Waals surface area contributed by atoms with Crippen LogP contribution in [0.5, 0.6) is 0 Å². The normalized spacial score (nSPS) is 13.9. The molecule has 2 rings (SSSR count). The molecule has 5 N–H and O–H groups in total. The largest absolute Gasteiger partial charge is 0.382 e. The van der Waals surface area contributed by atoms with Crippen molar-refractivity contribution >= 4 is 24.6 Å². The Morgan fingerprint density at radius 2 is 2.28 bits per heavy atom. The predicted molar refractivity (Wildman–Crippen MR) is 62.5 cm³/mol. The van der Waals surface area contributed by atoms with Crippen LogP contribution in [-0.2, 0) is 9.30 Å². The molecule has 0 aromatic carbocycles. The van der Waals surface area contributed by atoms with Gasteiger partial charge in [-0.05, 0) is 6.92 Å². The van der Waals surface area contributed by atoms with Crippen LogP contribution in [0.15, 0.2) is 6.33 Å². The molecule has 0 aliphatic carbocycles. The number of hydrogen-bond acceptors (Lipinski definition) is 6. The van der Waals surface area contributed by atoms with E-state index in [2.05, 4.69) is 19.9 Å². The van der Waals surface area contributed by atoms with E-state index in [1.807, 2.05) is 0 Å². The van der Waals surface area contributed by atoms with Crippen molar-refractivity contribution in [2.45, 2.75) is 13.0 Å². The highest BCUT2D eigenvalue weighted by molar-refractivity contribution is 7.51. The molecule has 0 radical (unpaired) electrons. The highest BCUT2D eigenvalue weighted by atomic mass is 31.2. The Balaban J connectivity index is 2.22. The van der Waals surface area contributed by atoms with E-state index < -0.39 is 20.0 Å². The van der Waals surface area contributed by atoms with Crippen LogP contribution in [0.3, 0.4) is 0 Å². The van der Waals surface area contributed by atoms with Gasteiger partial charge in [-0.25, -0.2) is 15.0 Å². The van der Waals surface area contributed by atoms with Crippen LogP contribution in [0.25, 0.3) is 11.2 Å². The van der Waals surface area contributed by atoms with Crippen molar-refractivity contribution < 1.29 is 19.1 Å². The first-order valence-corrected chi connectivity index (χ1v) is 6.79. The van der Waals surface area contributed by atoms with Crippen molar-refractivity contribution in [1.29, 1.82) is 0 Å². The Bertz CT molecular complexity index is 609. The lowest BCUT2D eigenvalue weighted by Crippen LogP contribution is -2.08. The number of nitrogens with two attached hydrogens (primary N) is 1. The number of rotatable bonds is 4. The zero-order chi connectivity index (χ0) is 13.3. The van der Waals surface area contributed by atoms with E-state index in [1.54, 1.807) is 6.92 Å². The van der Waals surface area contributed by atoms with Crippen LogP contribution in [0, 0.1) is 0 Å². The number of ether oxygens (including phenoxy) is 1. The summed E-state index contributed by atoms with van der Waals surface area (Å²) in [7, 11) is -4.22. The second-order valence-corrected chi connectivity index (χ2v) is 5.26. The van der Waals surface area contributed by atoms with Crippen LogP contribution in [-0.4, -0.2) is 36.1 Å². The number of nitrogen functional groups attached to an aromatic ring is 1. The number of aromatic amines is 1. The molecule has 0 amide bonds. The summed E-state index contributed by atoms with van der Waals surface area (Å²) in [6.45, 7) is 1.57. The van der Waals surface area contributed by atoms with Crippen LogP contribution in [0.2, 0.25) is 0 Å². The molecule has 9 nitrogen and oxygen atoms in total.